The summed E-state index contributed by atoms with van der Waals surface area (Å²) in [5.41, 5.74) is 5.83. The van der Waals surface area contributed by atoms with E-state index in [9.17, 15) is 9.59 Å². The van der Waals surface area contributed by atoms with Crippen LogP contribution in [0.1, 0.15) is 52.9 Å². The van der Waals surface area contributed by atoms with Gasteiger partial charge in [-0.05, 0) is 44.9 Å². The summed E-state index contributed by atoms with van der Waals surface area (Å²) in [6, 6.07) is -0.624. The summed E-state index contributed by atoms with van der Waals surface area (Å²) in [6.07, 6.45) is 2.34. The topological polar surface area (TPSA) is 87.8 Å². The Morgan fingerprint density at radius 3 is 2.61 bits per heavy atom. The number of nitrogens with two attached hydrogens (primary N) is 1. The monoisotopic (exact) mass is 327 g/mol. The van der Waals surface area contributed by atoms with Gasteiger partial charge >= 0.3 is 11.9 Å². The van der Waals surface area contributed by atoms with Gasteiger partial charge in [0, 0.05) is 6.61 Å². The van der Waals surface area contributed by atoms with Gasteiger partial charge in [-0.25, -0.2) is 0 Å². The molecule has 0 aromatic heterocycles. The molecule has 0 amide bonds. The molecule has 1 saturated heterocycles. The zero-order chi connectivity index (χ0) is 17.0. The molecule has 2 rings (SSSR count). The van der Waals surface area contributed by atoms with Gasteiger partial charge in [-0.2, -0.15) is 0 Å². The Kier molecular flexibility index (Phi) is 6.41. The Balaban J connectivity index is 2.10. The van der Waals surface area contributed by atoms with Crippen molar-refractivity contribution < 1.29 is 23.8 Å². The minimum atomic E-state index is -0.624. The molecular formula is C17H29NO5. The summed E-state index contributed by atoms with van der Waals surface area (Å²) in [4.78, 5) is 24.0. The Morgan fingerprint density at radius 1 is 1.30 bits per heavy atom. The lowest BCUT2D eigenvalue weighted by molar-refractivity contribution is -0.181. The fourth-order valence-electron chi connectivity index (χ4n) is 2.68. The van der Waals surface area contributed by atoms with Gasteiger partial charge in [0.05, 0.1) is 12.0 Å². The lowest BCUT2D eigenvalue weighted by Crippen LogP contribution is -2.44. The van der Waals surface area contributed by atoms with Crippen LogP contribution >= 0.6 is 0 Å². The zero-order valence-electron chi connectivity index (χ0n) is 14.3. The van der Waals surface area contributed by atoms with Crippen LogP contribution in [-0.2, 0) is 23.8 Å². The second-order valence-corrected chi connectivity index (χ2v) is 7.12. The van der Waals surface area contributed by atoms with E-state index in [0.717, 1.165) is 19.3 Å². The van der Waals surface area contributed by atoms with Crippen molar-refractivity contribution in [3.8, 4) is 0 Å². The predicted octanol–water partition coefficient (Wildman–Crippen LogP) is 1.79. The van der Waals surface area contributed by atoms with Crippen molar-refractivity contribution in [3.63, 3.8) is 0 Å². The molecule has 0 aromatic rings. The Morgan fingerprint density at radius 2 is 2.00 bits per heavy atom. The van der Waals surface area contributed by atoms with Crippen LogP contribution in [-0.4, -0.2) is 42.9 Å². The molecular weight excluding hydrogens is 298 g/mol. The number of rotatable bonds is 5. The molecule has 23 heavy (non-hydrogen) atoms. The van der Waals surface area contributed by atoms with E-state index in [1.165, 1.54) is 0 Å². The molecule has 2 fully saturated rings. The number of hydrogen-bond acceptors (Lipinski definition) is 6. The van der Waals surface area contributed by atoms with Crippen molar-refractivity contribution in [1.29, 1.82) is 0 Å². The first-order valence-corrected chi connectivity index (χ1v) is 8.66. The van der Waals surface area contributed by atoms with Gasteiger partial charge in [-0.15, -0.1) is 0 Å². The van der Waals surface area contributed by atoms with Gasteiger partial charge in [0.15, 0.2) is 6.10 Å². The molecule has 1 aliphatic heterocycles. The highest BCUT2D eigenvalue weighted by molar-refractivity contribution is 5.76. The third kappa shape index (κ3) is 5.46. The molecule has 1 saturated carbocycles. The van der Waals surface area contributed by atoms with E-state index in [0.29, 0.717) is 25.4 Å². The number of esters is 2. The molecule has 1 heterocycles. The Labute approximate surface area is 138 Å². The first-order valence-electron chi connectivity index (χ1n) is 8.66. The molecule has 0 bridgehead atoms. The summed E-state index contributed by atoms with van der Waals surface area (Å²) < 4.78 is 17.1. The molecule has 6 heteroatoms. The van der Waals surface area contributed by atoms with Crippen LogP contribution in [0.25, 0.3) is 0 Å². The smallest absolute Gasteiger partial charge is 0.323 e. The van der Waals surface area contributed by atoms with E-state index in [2.05, 4.69) is 13.8 Å². The fraction of sp³-hybridized carbons (Fsp3) is 0.882. The summed E-state index contributed by atoms with van der Waals surface area (Å²) in [7, 11) is 0. The van der Waals surface area contributed by atoms with Gasteiger partial charge in [0.2, 0.25) is 0 Å². The van der Waals surface area contributed by atoms with Crippen LogP contribution in [0.2, 0.25) is 0 Å². The molecule has 4 atom stereocenters. The number of hydrogen-bond donors (Lipinski definition) is 1. The van der Waals surface area contributed by atoms with E-state index in [1.54, 1.807) is 6.92 Å². The Bertz CT molecular complexity index is 421. The van der Waals surface area contributed by atoms with Gasteiger partial charge in [0.1, 0.15) is 12.1 Å². The van der Waals surface area contributed by atoms with Gasteiger partial charge in [-0.1, -0.05) is 13.8 Å². The third-order valence-electron chi connectivity index (χ3n) is 4.24. The molecule has 0 unspecified atom stereocenters. The molecule has 0 aromatic carbocycles. The number of ether oxygens (including phenoxy) is 3. The van der Waals surface area contributed by atoms with Crippen molar-refractivity contribution in [3.05, 3.63) is 0 Å². The fourth-order valence-corrected chi connectivity index (χ4v) is 2.68. The van der Waals surface area contributed by atoms with Crippen molar-refractivity contribution in [2.75, 3.05) is 6.61 Å². The highest BCUT2D eigenvalue weighted by Crippen LogP contribution is 2.32. The maximum atomic E-state index is 12.1. The average molecular weight is 327 g/mol. The maximum absolute atomic E-state index is 12.1. The van der Waals surface area contributed by atoms with Crippen molar-refractivity contribution in [2.24, 2.45) is 17.6 Å². The number of carbonyl (C=O) groups is 2. The standard InChI is InChI=1S/C17H29NO5/c1-10(2)9-21-14-6-4-5-13(18)17(20)22-11(3)15(14)23-16(19)12-7-8-12/h10-15H,4-9,18H2,1-3H3/t11-,13-,14-,15-/m0/s1. The molecule has 2 aliphatic rings. The first-order chi connectivity index (χ1) is 10.9. The molecule has 6 nitrogen and oxygen atoms in total. The lowest BCUT2D eigenvalue weighted by atomic mass is 10.0. The van der Waals surface area contributed by atoms with Gasteiger partial charge < -0.3 is 19.9 Å². The normalized spacial score (nSPS) is 32.7. The predicted molar refractivity (Wildman–Crippen MR) is 84.6 cm³/mol. The van der Waals surface area contributed by atoms with Gasteiger partial charge in [0.25, 0.3) is 0 Å². The van der Waals surface area contributed by atoms with E-state index in [4.69, 9.17) is 19.9 Å². The maximum Gasteiger partial charge on any atom is 0.323 e. The number of carbonyl (C=O) groups excluding carboxylic acids is 2. The summed E-state index contributed by atoms with van der Waals surface area (Å²) in [5.74, 6) is -0.268. The van der Waals surface area contributed by atoms with Crippen LogP contribution in [0, 0.1) is 11.8 Å². The summed E-state index contributed by atoms with van der Waals surface area (Å²) >= 11 is 0. The van der Waals surface area contributed by atoms with Crippen LogP contribution in [0.5, 0.6) is 0 Å². The highest BCUT2D eigenvalue weighted by atomic mass is 16.6. The van der Waals surface area contributed by atoms with Crippen LogP contribution < -0.4 is 5.73 Å². The van der Waals surface area contributed by atoms with Gasteiger partial charge in [-0.3, -0.25) is 9.59 Å². The second-order valence-electron chi connectivity index (χ2n) is 7.12. The minimum Gasteiger partial charge on any atom is -0.457 e. The third-order valence-corrected chi connectivity index (χ3v) is 4.24. The lowest BCUT2D eigenvalue weighted by Gasteiger charge is -2.31. The summed E-state index contributed by atoms with van der Waals surface area (Å²) in [6.45, 7) is 6.46. The first kappa shape index (κ1) is 18.2. The van der Waals surface area contributed by atoms with E-state index < -0.39 is 24.2 Å². The van der Waals surface area contributed by atoms with Crippen molar-refractivity contribution in [2.45, 2.75) is 77.2 Å². The zero-order valence-corrected chi connectivity index (χ0v) is 14.3. The van der Waals surface area contributed by atoms with E-state index >= 15 is 0 Å². The molecule has 0 radical (unpaired) electrons. The minimum absolute atomic E-state index is 0.00136. The molecule has 132 valence electrons. The van der Waals surface area contributed by atoms with E-state index in [-0.39, 0.29) is 18.0 Å². The highest BCUT2D eigenvalue weighted by Gasteiger charge is 2.39. The van der Waals surface area contributed by atoms with Crippen molar-refractivity contribution >= 4 is 11.9 Å². The quantitative estimate of drug-likeness (QED) is 0.775. The Hall–Kier alpha value is -1.14. The second kappa shape index (κ2) is 8.11. The van der Waals surface area contributed by atoms with Crippen LogP contribution in [0.3, 0.4) is 0 Å². The van der Waals surface area contributed by atoms with Crippen LogP contribution in [0.4, 0.5) is 0 Å². The molecule has 1 aliphatic carbocycles. The average Bonchev–Trinajstić information content (AvgIpc) is 3.31. The molecule has 2 N–H and O–H groups in total. The largest absolute Gasteiger partial charge is 0.457 e. The number of cyclic esters (lactones) is 1. The van der Waals surface area contributed by atoms with Crippen LogP contribution in [0.15, 0.2) is 0 Å². The van der Waals surface area contributed by atoms with E-state index in [1.807, 2.05) is 0 Å². The van der Waals surface area contributed by atoms with Crippen molar-refractivity contribution in [1.82, 2.24) is 0 Å². The SMILES string of the molecule is CC(C)CO[C@H]1CCC[C@H](N)C(=O)O[C@@H](C)[C@@H]1OC(=O)C1CC1. The molecule has 0 spiro atoms. The summed E-state index contributed by atoms with van der Waals surface area (Å²) in [5, 5.41) is 0.